The minimum absolute atomic E-state index is 0.142. The lowest BCUT2D eigenvalue weighted by Crippen LogP contribution is -2.60. The van der Waals surface area contributed by atoms with Gasteiger partial charge in [-0.1, -0.05) is 103 Å². The zero-order valence-corrected chi connectivity index (χ0v) is 18.2. The van der Waals surface area contributed by atoms with Crippen molar-refractivity contribution in [2.24, 2.45) is 22.7 Å². The van der Waals surface area contributed by atoms with E-state index in [-0.39, 0.29) is 24.7 Å². The molecular formula is C24H38O4-2. The van der Waals surface area contributed by atoms with Gasteiger partial charge in [0.05, 0.1) is 11.9 Å². The van der Waals surface area contributed by atoms with Gasteiger partial charge in [-0.3, -0.25) is 0 Å². The number of aliphatic carboxylic acids is 2. The van der Waals surface area contributed by atoms with E-state index in [9.17, 15) is 19.8 Å². The zero-order chi connectivity index (χ0) is 21.2. The van der Waals surface area contributed by atoms with Crippen LogP contribution in [0.4, 0.5) is 0 Å². The molecule has 0 aromatic heterocycles. The van der Waals surface area contributed by atoms with Gasteiger partial charge in [-0.25, -0.2) is 0 Å². The minimum Gasteiger partial charge on any atom is -0.549 e. The van der Waals surface area contributed by atoms with Crippen LogP contribution in [0.2, 0.25) is 0 Å². The van der Waals surface area contributed by atoms with E-state index in [1.807, 2.05) is 13.8 Å². The molecule has 1 rings (SSSR count). The number of carbonyl (C=O) groups excluding carboxylic acids is 2. The van der Waals surface area contributed by atoms with E-state index in [1.165, 1.54) is 0 Å². The third-order valence-corrected chi connectivity index (χ3v) is 6.71. The Bertz CT molecular complexity index is 515. The third-order valence-electron chi connectivity index (χ3n) is 6.71. The van der Waals surface area contributed by atoms with Gasteiger partial charge in [0, 0.05) is 10.8 Å². The number of carboxylic acids is 2. The molecule has 0 aromatic carbocycles. The quantitative estimate of drug-likeness (QED) is 0.452. The first-order valence-corrected chi connectivity index (χ1v) is 11.1. The van der Waals surface area contributed by atoms with Crippen molar-refractivity contribution in [3.8, 4) is 0 Å². The molecule has 4 nitrogen and oxygen atoms in total. The van der Waals surface area contributed by atoms with Crippen molar-refractivity contribution < 1.29 is 19.8 Å². The van der Waals surface area contributed by atoms with Gasteiger partial charge in [-0.15, -0.1) is 0 Å². The van der Waals surface area contributed by atoms with E-state index in [4.69, 9.17) is 0 Å². The second kappa shape index (κ2) is 11.4. The van der Waals surface area contributed by atoms with Crippen LogP contribution in [0, 0.1) is 22.7 Å². The summed E-state index contributed by atoms with van der Waals surface area (Å²) in [5.74, 6) is -2.30. The van der Waals surface area contributed by atoms with Gasteiger partial charge in [-0.2, -0.15) is 0 Å². The van der Waals surface area contributed by atoms with Crippen LogP contribution in [0.3, 0.4) is 0 Å². The number of allylic oxidation sites excluding steroid dienone is 2. The standard InChI is InChI=1S/C24H40O4/c1-5-9-13-19(7-3)17-23(21(25)26)15-11-12-16-24(23,22(27)28)18-20(8-4)14-10-6-2/h11-12,15-16,19-20H,5-10,13-14,17-18H2,1-4H3,(H,25,26)(H,27,28)/p-2. The van der Waals surface area contributed by atoms with Crippen molar-refractivity contribution >= 4 is 11.9 Å². The molecule has 0 N–H and O–H groups in total. The lowest BCUT2D eigenvalue weighted by molar-refractivity contribution is -0.340. The predicted molar refractivity (Wildman–Crippen MR) is 109 cm³/mol. The van der Waals surface area contributed by atoms with Crippen molar-refractivity contribution in [3.63, 3.8) is 0 Å². The van der Waals surface area contributed by atoms with Crippen LogP contribution in [-0.2, 0) is 9.59 Å². The van der Waals surface area contributed by atoms with Gasteiger partial charge in [0.15, 0.2) is 0 Å². The molecule has 28 heavy (non-hydrogen) atoms. The Labute approximate surface area is 171 Å². The highest BCUT2D eigenvalue weighted by molar-refractivity contribution is 5.89. The molecule has 0 saturated heterocycles. The van der Waals surface area contributed by atoms with Crippen LogP contribution >= 0.6 is 0 Å². The van der Waals surface area contributed by atoms with Crippen molar-refractivity contribution in [2.75, 3.05) is 0 Å². The van der Waals surface area contributed by atoms with E-state index in [0.717, 1.165) is 51.4 Å². The molecule has 4 unspecified atom stereocenters. The Kier molecular flexibility index (Phi) is 9.98. The van der Waals surface area contributed by atoms with Crippen LogP contribution < -0.4 is 10.2 Å². The largest absolute Gasteiger partial charge is 0.549 e. The molecule has 160 valence electrons. The lowest BCUT2D eigenvalue weighted by Gasteiger charge is -2.53. The van der Waals surface area contributed by atoms with Gasteiger partial charge >= 0.3 is 0 Å². The molecule has 0 aromatic rings. The molecule has 4 atom stereocenters. The number of unbranched alkanes of at least 4 members (excludes halogenated alkanes) is 2. The third kappa shape index (κ3) is 5.27. The van der Waals surface area contributed by atoms with Crippen LogP contribution in [0.25, 0.3) is 0 Å². The Hall–Kier alpha value is -1.58. The van der Waals surface area contributed by atoms with Crippen LogP contribution in [0.15, 0.2) is 24.3 Å². The van der Waals surface area contributed by atoms with Gasteiger partial charge in [0.25, 0.3) is 0 Å². The first kappa shape index (κ1) is 24.5. The Morgan fingerprint density at radius 2 is 1.11 bits per heavy atom. The highest BCUT2D eigenvalue weighted by atomic mass is 16.4. The van der Waals surface area contributed by atoms with Crippen molar-refractivity contribution in [1.82, 2.24) is 0 Å². The highest BCUT2D eigenvalue weighted by Gasteiger charge is 2.52. The fourth-order valence-corrected chi connectivity index (χ4v) is 4.70. The van der Waals surface area contributed by atoms with E-state index >= 15 is 0 Å². The second-order valence-corrected chi connectivity index (χ2v) is 8.48. The fourth-order valence-electron chi connectivity index (χ4n) is 4.70. The summed E-state index contributed by atoms with van der Waals surface area (Å²) in [6.07, 6.45) is 14.6. The summed E-state index contributed by atoms with van der Waals surface area (Å²) < 4.78 is 0. The Balaban J connectivity index is 3.38. The van der Waals surface area contributed by atoms with E-state index in [0.29, 0.717) is 0 Å². The second-order valence-electron chi connectivity index (χ2n) is 8.48. The van der Waals surface area contributed by atoms with Crippen LogP contribution in [-0.4, -0.2) is 11.9 Å². The average Bonchev–Trinajstić information content (AvgIpc) is 2.68. The van der Waals surface area contributed by atoms with Gasteiger partial charge in [0.1, 0.15) is 0 Å². The maximum absolute atomic E-state index is 12.5. The van der Waals surface area contributed by atoms with Crippen molar-refractivity contribution in [3.05, 3.63) is 24.3 Å². The molecule has 1 aliphatic rings. The summed E-state index contributed by atoms with van der Waals surface area (Å²) >= 11 is 0. The van der Waals surface area contributed by atoms with Crippen LogP contribution in [0.5, 0.6) is 0 Å². The van der Waals surface area contributed by atoms with E-state index < -0.39 is 22.8 Å². The molecule has 0 saturated carbocycles. The Morgan fingerprint density at radius 3 is 1.36 bits per heavy atom. The molecule has 4 heteroatoms. The smallest absolute Gasteiger partial charge is 0.0526 e. The summed E-state index contributed by atoms with van der Waals surface area (Å²) in [6.45, 7) is 8.30. The van der Waals surface area contributed by atoms with E-state index in [1.54, 1.807) is 24.3 Å². The molecule has 0 radical (unpaired) electrons. The molecule has 0 heterocycles. The molecule has 0 aliphatic heterocycles. The van der Waals surface area contributed by atoms with Crippen molar-refractivity contribution in [1.29, 1.82) is 0 Å². The normalized spacial score (nSPS) is 26.1. The number of hydrogen-bond donors (Lipinski definition) is 0. The molecule has 1 aliphatic carbocycles. The first-order chi connectivity index (χ1) is 13.3. The topological polar surface area (TPSA) is 80.3 Å². The summed E-state index contributed by atoms with van der Waals surface area (Å²) in [4.78, 5) is 25.0. The first-order valence-electron chi connectivity index (χ1n) is 11.1. The van der Waals surface area contributed by atoms with Gasteiger partial charge in [0.2, 0.25) is 0 Å². The number of hydrogen-bond acceptors (Lipinski definition) is 4. The molecule has 0 fully saturated rings. The lowest BCUT2D eigenvalue weighted by atomic mass is 9.54. The maximum Gasteiger partial charge on any atom is 0.0526 e. The SMILES string of the molecule is CCCCC(CC)CC1(C(=O)[O-])C=CC=CC1(CC(CC)CCCC)C(=O)[O-]. The van der Waals surface area contributed by atoms with Gasteiger partial charge in [-0.05, 0) is 24.7 Å². The molecule has 0 spiro atoms. The average molecular weight is 391 g/mol. The summed E-state index contributed by atoms with van der Waals surface area (Å²) in [5.41, 5.74) is -3.12. The summed E-state index contributed by atoms with van der Waals surface area (Å²) in [7, 11) is 0. The minimum atomic E-state index is -1.56. The number of carboxylic acid groups (broad SMARTS) is 2. The number of rotatable bonds is 14. The fraction of sp³-hybridized carbons (Fsp3) is 0.750. The predicted octanol–water partition coefficient (Wildman–Crippen LogP) is 3.80. The summed E-state index contributed by atoms with van der Waals surface area (Å²) in [5, 5.41) is 25.0. The molecular weight excluding hydrogens is 352 g/mol. The van der Waals surface area contributed by atoms with E-state index in [2.05, 4.69) is 13.8 Å². The highest BCUT2D eigenvalue weighted by Crippen LogP contribution is 2.53. The number of carbonyl (C=O) groups is 2. The van der Waals surface area contributed by atoms with Crippen molar-refractivity contribution in [2.45, 2.75) is 91.9 Å². The monoisotopic (exact) mass is 390 g/mol. The maximum atomic E-state index is 12.5. The zero-order valence-electron chi connectivity index (χ0n) is 18.2. The summed E-state index contributed by atoms with van der Waals surface area (Å²) in [6, 6.07) is 0. The van der Waals surface area contributed by atoms with Crippen LogP contribution in [0.1, 0.15) is 91.9 Å². The molecule has 0 bridgehead atoms. The Morgan fingerprint density at radius 1 is 0.750 bits per heavy atom. The molecule has 0 amide bonds. The van der Waals surface area contributed by atoms with Gasteiger partial charge < -0.3 is 19.8 Å².